The molecule has 274 valence electrons. The Labute approximate surface area is 321 Å². The maximum Gasteiger partial charge on any atom is 0.264 e. The lowest BCUT2D eigenvalue weighted by atomic mass is 9.94. The summed E-state index contributed by atoms with van der Waals surface area (Å²) in [6, 6.07) is 38.8. The van der Waals surface area contributed by atoms with Crippen molar-refractivity contribution in [1.82, 2.24) is 10.2 Å². The fourth-order valence-electron chi connectivity index (χ4n) is 6.60. The number of sulfonamides is 1. The lowest BCUT2D eigenvalue weighted by Gasteiger charge is -2.35. The zero-order valence-electron chi connectivity index (χ0n) is 29.7. The van der Waals surface area contributed by atoms with Crippen molar-refractivity contribution in [2.45, 2.75) is 69.0 Å². The number of rotatable bonds is 14. The molecule has 5 aromatic carbocycles. The van der Waals surface area contributed by atoms with E-state index in [-0.39, 0.29) is 35.5 Å². The van der Waals surface area contributed by atoms with Crippen molar-refractivity contribution in [3.8, 4) is 11.5 Å². The molecule has 1 atom stereocenters. The van der Waals surface area contributed by atoms with E-state index in [1.165, 1.54) is 4.90 Å². The van der Waals surface area contributed by atoms with Gasteiger partial charge in [0.05, 0.1) is 10.6 Å². The predicted molar refractivity (Wildman–Crippen MR) is 212 cm³/mol. The average molecular weight is 795 g/mol. The van der Waals surface area contributed by atoms with Crippen molar-refractivity contribution in [2.75, 3.05) is 10.8 Å². The Hall–Kier alpha value is -4.93. The lowest BCUT2D eigenvalue weighted by molar-refractivity contribution is -0.140. The lowest BCUT2D eigenvalue weighted by Crippen LogP contribution is -2.55. The van der Waals surface area contributed by atoms with Crippen LogP contribution < -0.4 is 14.4 Å². The molecule has 1 aliphatic rings. The molecule has 53 heavy (non-hydrogen) atoms. The van der Waals surface area contributed by atoms with Gasteiger partial charge < -0.3 is 15.0 Å². The number of hydrogen-bond acceptors (Lipinski definition) is 5. The van der Waals surface area contributed by atoms with Crippen LogP contribution >= 0.6 is 15.9 Å². The van der Waals surface area contributed by atoms with E-state index in [0.717, 1.165) is 57.6 Å². The van der Waals surface area contributed by atoms with Crippen LogP contribution in [0.4, 0.5) is 5.69 Å². The molecule has 10 heteroatoms. The summed E-state index contributed by atoms with van der Waals surface area (Å²) < 4.78 is 36.9. The molecule has 0 aliphatic heterocycles. The smallest absolute Gasteiger partial charge is 0.264 e. The second-order valence-electron chi connectivity index (χ2n) is 13.4. The molecular weight excluding hydrogens is 750 g/mol. The first-order valence-electron chi connectivity index (χ1n) is 18.0. The van der Waals surface area contributed by atoms with Crippen LogP contribution in [0.5, 0.6) is 11.5 Å². The Morgan fingerprint density at radius 1 is 0.774 bits per heavy atom. The quantitative estimate of drug-likeness (QED) is 0.121. The molecule has 1 fully saturated rings. The minimum atomic E-state index is -4.24. The largest absolute Gasteiger partial charge is 0.457 e. The molecule has 0 radical (unpaired) electrons. The number of anilines is 1. The third-order valence-corrected chi connectivity index (χ3v) is 11.7. The molecular formula is C43H44BrN3O5S. The highest BCUT2D eigenvalue weighted by Crippen LogP contribution is 2.29. The van der Waals surface area contributed by atoms with E-state index in [4.69, 9.17) is 4.74 Å². The van der Waals surface area contributed by atoms with E-state index in [0.29, 0.717) is 11.5 Å². The Morgan fingerprint density at radius 3 is 2.06 bits per heavy atom. The third-order valence-electron chi connectivity index (χ3n) is 9.46. The molecule has 0 bridgehead atoms. The van der Waals surface area contributed by atoms with Crippen LogP contribution in [-0.4, -0.2) is 43.8 Å². The molecule has 0 aromatic heterocycles. The van der Waals surface area contributed by atoms with E-state index in [9.17, 15) is 18.0 Å². The summed E-state index contributed by atoms with van der Waals surface area (Å²) >= 11 is 3.55. The highest BCUT2D eigenvalue weighted by Gasteiger charge is 2.35. The molecule has 0 saturated heterocycles. The van der Waals surface area contributed by atoms with E-state index < -0.39 is 28.5 Å². The van der Waals surface area contributed by atoms with Gasteiger partial charge in [0, 0.05) is 23.5 Å². The highest BCUT2D eigenvalue weighted by atomic mass is 79.9. The minimum absolute atomic E-state index is 0.0207. The Bertz CT molecular complexity index is 2070. The monoisotopic (exact) mass is 793 g/mol. The van der Waals surface area contributed by atoms with Crippen molar-refractivity contribution in [3.63, 3.8) is 0 Å². The summed E-state index contributed by atoms with van der Waals surface area (Å²) in [5, 5.41) is 3.26. The van der Waals surface area contributed by atoms with Crippen LogP contribution in [0.3, 0.4) is 0 Å². The maximum atomic E-state index is 14.9. The summed E-state index contributed by atoms with van der Waals surface area (Å²) in [6.45, 7) is 1.44. The first-order chi connectivity index (χ1) is 25.7. The molecule has 0 heterocycles. The summed E-state index contributed by atoms with van der Waals surface area (Å²) in [4.78, 5) is 30.8. The number of halogens is 1. The van der Waals surface area contributed by atoms with Crippen LogP contribution in [-0.2, 0) is 32.6 Å². The number of benzene rings is 5. The molecule has 5 aromatic rings. The third kappa shape index (κ3) is 10.1. The number of carbonyl (C=O) groups excluding carboxylic acids is 2. The fraction of sp³-hybridized carbons (Fsp3) is 0.256. The number of nitrogens with one attached hydrogen (secondary N) is 1. The van der Waals surface area contributed by atoms with Gasteiger partial charge in [0.1, 0.15) is 24.1 Å². The standard InChI is InChI=1S/C43H44BrN3O5S/c1-32-20-26-40(27-21-32)53(50,51)47(37-22-24-39(25-23-37)52-38-18-9-4-10-19-38)31-42(48)46(30-34-14-11-15-35(44)28-34)41(29-33-12-5-2-6-13-33)43(49)45-36-16-7-3-8-17-36/h2,4-6,9-15,18-28,36,41H,3,7-8,16-17,29-31H2,1H3,(H,45,49). The van der Waals surface area contributed by atoms with E-state index in [2.05, 4.69) is 21.2 Å². The number of para-hydroxylation sites is 1. The number of carbonyl (C=O) groups is 2. The Kier molecular flexibility index (Phi) is 12.6. The summed E-state index contributed by atoms with van der Waals surface area (Å²) in [7, 11) is -4.24. The van der Waals surface area contributed by atoms with Gasteiger partial charge in [0.2, 0.25) is 11.8 Å². The van der Waals surface area contributed by atoms with Gasteiger partial charge in [-0.25, -0.2) is 8.42 Å². The van der Waals surface area contributed by atoms with E-state index in [1.807, 2.05) is 91.9 Å². The zero-order valence-corrected chi connectivity index (χ0v) is 32.1. The van der Waals surface area contributed by atoms with Crippen LogP contribution in [0.15, 0.2) is 143 Å². The number of nitrogens with zero attached hydrogens (tertiary/aromatic N) is 2. The second kappa shape index (κ2) is 17.7. The van der Waals surface area contributed by atoms with Crippen LogP contribution in [0.25, 0.3) is 0 Å². The van der Waals surface area contributed by atoms with Gasteiger partial charge in [-0.2, -0.15) is 0 Å². The summed E-state index contributed by atoms with van der Waals surface area (Å²) in [6.07, 6.45) is 5.24. The van der Waals surface area contributed by atoms with E-state index >= 15 is 0 Å². The Balaban J connectivity index is 1.38. The molecule has 8 nitrogen and oxygen atoms in total. The average Bonchev–Trinajstić information content (AvgIpc) is 3.17. The highest BCUT2D eigenvalue weighted by molar-refractivity contribution is 9.10. The van der Waals surface area contributed by atoms with Crippen LogP contribution in [0.1, 0.15) is 48.8 Å². The normalized spacial score (nSPS) is 13.8. The molecule has 2 amide bonds. The SMILES string of the molecule is Cc1ccc(S(=O)(=O)N(CC(=O)N(Cc2cccc(Br)c2)C(Cc2ccccc2)C(=O)NC2CCCCC2)c2ccc(Oc3ccccc3)cc2)cc1. The molecule has 1 N–H and O–H groups in total. The minimum Gasteiger partial charge on any atom is -0.457 e. The number of aryl methyl sites for hydroxylation is 1. The van der Waals surface area contributed by atoms with Crippen molar-refractivity contribution >= 4 is 43.5 Å². The van der Waals surface area contributed by atoms with Crippen LogP contribution in [0.2, 0.25) is 0 Å². The van der Waals surface area contributed by atoms with Crippen molar-refractivity contribution < 1.29 is 22.7 Å². The predicted octanol–water partition coefficient (Wildman–Crippen LogP) is 8.83. The van der Waals surface area contributed by atoms with Gasteiger partial charge in [-0.15, -0.1) is 0 Å². The first kappa shape index (κ1) is 37.8. The molecule has 1 saturated carbocycles. The van der Waals surface area contributed by atoms with Gasteiger partial charge in [0.25, 0.3) is 10.0 Å². The molecule has 1 unspecified atom stereocenters. The zero-order chi connectivity index (χ0) is 37.2. The van der Waals surface area contributed by atoms with Gasteiger partial charge in [0.15, 0.2) is 0 Å². The number of ether oxygens (including phenoxy) is 1. The number of hydrogen-bond donors (Lipinski definition) is 1. The van der Waals surface area contributed by atoms with Crippen molar-refractivity contribution in [2.24, 2.45) is 0 Å². The molecule has 1 aliphatic carbocycles. The summed E-state index contributed by atoms with van der Waals surface area (Å²) in [5.74, 6) is 0.390. The van der Waals surface area contributed by atoms with Crippen molar-refractivity contribution in [1.29, 1.82) is 0 Å². The van der Waals surface area contributed by atoms with Gasteiger partial charge in [-0.3, -0.25) is 13.9 Å². The first-order valence-corrected chi connectivity index (χ1v) is 20.2. The molecule has 0 spiro atoms. The van der Waals surface area contributed by atoms with Crippen molar-refractivity contribution in [3.05, 3.63) is 155 Å². The van der Waals surface area contributed by atoms with Gasteiger partial charge in [-0.1, -0.05) is 114 Å². The number of amides is 2. The Morgan fingerprint density at radius 2 is 1.40 bits per heavy atom. The van der Waals surface area contributed by atoms with Crippen LogP contribution in [0, 0.1) is 6.92 Å². The topological polar surface area (TPSA) is 96.0 Å². The second-order valence-corrected chi connectivity index (χ2v) is 16.2. The maximum absolute atomic E-state index is 14.9. The van der Waals surface area contributed by atoms with Gasteiger partial charge in [-0.05, 0) is 91.6 Å². The van der Waals surface area contributed by atoms with E-state index in [1.54, 1.807) is 48.5 Å². The summed E-state index contributed by atoms with van der Waals surface area (Å²) in [5.41, 5.74) is 2.88. The fourth-order valence-corrected chi connectivity index (χ4v) is 8.46. The van der Waals surface area contributed by atoms with Gasteiger partial charge >= 0.3 is 0 Å². The molecule has 6 rings (SSSR count).